The van der Waals surface area contributed by atoms with Crippen LogP contribution in [0.25, 0.3) is 0 Å². The molecule has 0 unspecified atom stereocenters. The van der Waals surface area contributed by atoms with E-state index in [4.69, 9.17) is 5.26 Å². The van der Waals surface area contributed by atoms with Gasteiger partial charge in [0.2, 0.25) is 0 Å². The summed E-state index contributed by atoms with van der Waals surface area (Å²) in [6.45, 7) is 0. The fourth-order valence-electron chi connectivity index (χ4n) is 1.53. The molecule has 0 aliphatic heterocycles. The topological polar surface area (TPSA) is 52.9 Å². The Bertz CT molecular complexity index is 662. The molecule has 0 aromatic heterocycles. The first-order valence-corrected chi connectivity index (χ1v) is 5.85. The summed E-state index contributed by atoms with van der Waals surface area (Å²) < 4.78 is 13.0. The summed E-state index contributed by atoms with van der Waals surface area (Å²) in [6.07, 6.45) is 0. The highest BCUT2D eigenvalue weighted by Crippen LogP contribution is 2.17. The molecule has 94 valence electrons. The number of nitrogens with zero attached hydrogens (tertiary/aromatic N) is 1. The predicted octanol–water partition coefficient (Wildman–Crippen LogP) is 3.24. The summed E-state index contributed by atoms with van der Waals surface area (Å²) in [5, 5.41) is 11.5. The van der Waals surface area contributed by atoms with Crippen molar-refractivity contribution in [1.29, 1.82) is 5.26 Å². The van der Waals surface area contributed by atoms with E-state index in [0.29, 0.717) is 5.56 Å². The van der Waals surface area contributed by atoms with Crippen LogP contribution < -0.4 is 5.32 Å². The van der Waals surface area contributed by atoms with Crippen molar-refractivity contribution in [2.45, 2.75) is 4.90 Å². The molecular weight excluding hydrogens is 263 g/mol. The molecular formula is C14H9FN2OS. The number of hydrogen-bond donors (Lipinski definition) is 2. The minimum Gasteiger partial charge on any atom is -0.321 e. The van der Waals surface area contributed by atoms with Gasteiger partial charge in [0.1, 0.15) is 11.9 Å². The Morgan fingerprint density at radius 2 is 1.89 bits per heavy atom. The van der Waals surface area contributed by atoms with Crippen LogP contribution in [0.5, 0.6) is 0 Å². The van der Waals surface area contributed by atoms with Gasteiger partial charge in [-0.15, -0.1) is 12.6 Å². The molecule has 19 heavy (non-hydrogen) atoms. The lowest BCUT2D eigenvalue weighted by molar-refractivity contribution is 0.102. The average Bonchev–Trinajstić information content (AvgIpc) is 2.41. The molecule has 3 nitrogen and oxygen atoms in total. The van der Waals surface area contributed by atoms with E-state index >= 15 is 0 Å². The Kier molecular flexibility index (Phi) is 3.83. The monoisotopic (exact) mass is 272 g/mol. The molecule has 0 aliphatic rings. The number of rotatable bonds is 2. The van der Waals surface area contributed by atoms with E-state index in [1.54, 1.807) is 24.3 Å². The fraction of sp³-hybridized carbons (Fsp3) is 0. The maximum Gasteiger partial charge on any atom is 0.255 e. The zero-order valence-corrected chi connectivity index (χ0v) is 10.6. The first-order valence-electron chi connectivity index (χ1n) is 5.40. The second kappa shape index (κ2) is 5.55. The highest BCUT2D eigenvalue weighted by atomic mass is 32.1. The lowest BCUT2D eigenvalue weighted by Crippen LogP contribution is -2.12. The SMILES string of the molecule is N#Cc1cc(F)ccc1NC(=O)c1ccc(S)cc1. The molecule has 0 heterocycles. The third kappa shape index (κ3) is 3.12. The Hall–Kier alpha value is -2.32. The summed E-state index contributed by atoms with van der Waals surface area (Å²) in [5.74, 6) is -0.884. The van der Waals surface area contributed by atoms with Gasteiger partial charge in [0, 0.05) is 10.5 Å². The molecule has 0 atom stereocenters. The minimum absolute atomic E-state index is 0.0826. The van der Waals surface area contributed by atoms with Gasteiger partial charge in [-0.3, -0.25) is 4.79 Å². The third-order valence-corrected chi connectivity index (χ3v) is 2.78. The van der Waals surface area contributed by atoms with Crippen LogP contribution in [0.4, 0.5) is 10.1 Å². The van der Waals surface area contributed by atoms with E-state index in [1.807, 2.05) is 6.07 Å². The van der Waals surface area contributed by atoms with E-state index in [9.17, 15) is 9.18 Å². The van der Waals surface area contributed by atoms with Gasteiger partial charge >= 0.3 is 0 Å². The van der Waals surface area contributed by atoms with Crippen molar-refractivity contribution in [2.75, 3.05) is 5.32 Å². The highest BCUT2D eigenvalue weighted by Gasteiger charge is 2.09. The van der Waals surface area contributed by atoms with Gasteiger partial charge in [-0.2, -0.15) is 5.26 Å². The van der Waals surface area contributed by atoms with Gasteiger partial charge in [-0.25, -0.2) is 4.39 Å². The Morgan fingerprint density at radius 3 is 2.53 bits per heavy atom. The number of carbonyl (C=O) groups is 1. The van der Waals surface area contributed by atoms with Gasteiger partial charge in [0.15, 0.2) is 0 Å². The molecule has 0 aliphatic carbocycles. The Labute approximate surface area is 115 Å². The smallest absolute Gasteiger partial charge is 0.255 e. The number of carbonyl (C=O) groups excluding carboxylic acids is 1. The minimum atomic E-state index is -0.519. The number of hydrogen-bond acceptors (Lipinski definition) is 3. The van der Waals surface area contributed by atoms with E-state index in [1.165, 1.54) is 12.1 Å². The molecule has 1 amide bonds. The van der Waals surface area contributed by atoms with Crippen LogP contribution in [-0.2, 0) is 0 Å². The Balaban J connectivity index is 2.24. The van der Waals surface area contributed by atoms with Crippen LogP contribution >= 0.6 is 12.6 Å². The van der Waals surface area contributed by atoms with Crippen molar-refractivity contribution in [3.63, 3.8) is 0 Å². The van der Waals surface area contributed by atoms with Crippen molar-refractivity contribution in [3.8, 4) is 6.07 Å². The number of thiol groups is 1. The van der Waals surface area contributed by atoms with Gasteiger partial charge in [0.25, 0.3) is 5.91 Å². The third-order valence-electron chi connectivity index (χ3n) is 2.48. The molecule has 1 N–H and O–H groups in total. The number of anilines is 1. The molecule has 2 rings (SSSR count). The Morgan fingerprint density at radius 1 is 1.21 bits per heavy atom. The normalized spacial score (nSPS) is 9.74. The standard InChI is InChI=1S/C14H9FN2OS/c15-11-3-6-13(10(7-11)8-16)17-14(18)9-1-4-12(19)5-2-9/h1-7,19H,(H,17,18). The zero-order chi connectivity index (χ0) is 13.8. The number of nitrogens with one attached hydrogen (secondary N) is 1. The highest BCUT2D eigenvalue weighted by molar-refractivity contribution is 7.80. The molecule has 0 saturated carbocycles. The lowest BCUT2D eigenvalue weighted by atomic mass is 10.1. The molecule has 2 aromatic carbocycles. The quantitative estimate of drug-likeness (QED) is 0.825. The van der Waals surface area contributed by atoms with Crippen molar-refractivity contribution in [1.82, 2.24) is 0 Å². The lowest BCUT2D eigenvalue weighted by Gasteiger charge is -2.07. The van der Waals surface area contributed by atoms with Gasteiger partial charge < -0.3 is 5.32 Å². The molecule has 0 fully saturated rings. The molecule has 0 spiro atoms. The molecule has 2 aromatic rings. The van der Waals surface area contributed by atoms with Crippen LogP contribution in [-0.4, -0.2) is 5.91 Å². The van der Waals surface area contributed by atoms with Crippen LogP contribution in [0.15, 0.2) is 47.4 Å². The van der Waals surface area contributed by atoms with E-state index in [2.05, 4.69) is 17.9 Å². The molecule has 0 radical (unpaired) electrons. The van der Waals surface area contributed by atoms with Crippen LogP contribution in [0.3, 0.4) is 0 Å². The van der Waals surface area contributed by atoms with E-state index in [0.717, 1.165) is 11.0 Å². The van der Waals surface area contributed by atoms with Gasteiger partial charge in [-0.05, 0) is 42.5 Å². The summed E-state index contributed by atoms with van der Waals surface area (Å²) >= 11 is 4.13. The summed E-state index contributed by atoms with van der Waals surface area (Å²) in [6, 6.07) is 12.1. The summed E-state index contributed by atoms with van der Waals surface area (Å²) in [5.41, 5.74) is 0.800. The summed E-state index contributed by atoms with van der Waals surface area (Å²) in [4.78, 5) is 12.7. The second-order valence-corrected chi connectivity index (χ2v) is 4.32. The molecule has 0 bridgehead atoms. The fourth-order valence-corrected chi connectivity index (χ4v) is 1.67. The summed E-state index contributed by atoms with van der Waals surface area (Å²) in [7, 11) is 0. The maximum absolute atomic E-state index is 13.0. The molecule has 5 heteroatoms. The first-order chi connectivity index (χ1) is 9.10. The number of halogens is 1. The van der Waals surface area contributed by atoms with Crippen molar-refractivity contribution >= 4 is 24.2 Å². The van der Waals surface area contributed by atoms with Gasteiger partial charge in [0.05, 0.1) is 11.3 Å². The van der Waals surface area contributed by atoms with Crippen LogP contribution in [0.1, 0.15) is 15.9 Å². The number of benzene rings is 2. The predicted molar refractivity (Wildman–Crippen MR) is 72.8 cm³/mol. The van der Waals surface area contributed by atoms with E-state index < -0.39 is 5.82 Å². The second-order valence-electron chi connectivity index (χ2n) is 3.80. The van der Waals surface area contributed by atoms with Gasteiger partial charge in [-0.1, -0.05) is 0 Å². The zero-order valence-electron chi connectivity index (χ0n) is 9.72. The van der Waals surface area contributed by atoms with Crippen LogP contribution in [0, 0.1) is 17.1 Å². The average molecular weight is 272 g/mol. The maximum atomic E-state index is 13.0. The van der Waals surface area contributed by atoms with Crippen molar-refractivity contribution < 1.29 is 9.18 Å². The van der Waals surface area contributed by atoms with Crippen molar-refractivity contribution in [3.05, 3.63) is 59.4 Å². The largest absolute Gasteiger partial charge is 0.321 e. The van der Waals surface area contributed by atoms with Crippen LogP contribution in [0.2, 0.25) is 0 Å². The van der Waals surface area contributed by atoms with E-state index in [-0.39, 0.29) is 17.2 Å². The number of amides is 1. The van der Waals surface area contributed by atoms with Crippen molar-refractivity contribution in [2.24, 2.45) is 0 Å². The molecule has 0 saturated heterocycles. The number of nitriles is 1. The first kappa shape index (κ1) is 13.1.